The Bertz CT molecular complexity index is 1090. The van der Waals surface area contributed by atoms with Crippen molar-refractivity contribution in [1.82, 2.24) is 14.5 Å². The molecule has 2 aromatic heterocycles. The van der Waals surface area contributed by atoms with Gasteiger partial charge in [0.25, 0.3) is 5.56 Å². The monoisotopic (exact) mass is 404 g/mol. The average Bonchev–Trinajstić information content (AvgIpc) is 2.68. The zero-order chi connectivity index (χ0) is 19.8. The second kappa shape index (κ2) is 7.48. The highest BCUT2D eigenvalue weighted by Gasteiger charge is 2.21. The molecule has 1 fully saturated rings. The predicted molar refractivity (Wildman–Crippen MR) is 106 cm³/mol. The molecule has 1 aliphatic rings. The highest BCUT2D eigenvalue weighted by molar-refractivity contribution is 6.29. The number of hydrogen-bond donors (Lipinski definition) is 0. The van der Waals surface area contributed by atoms with E-state index >= 15 is 0 Å². The first-order valence-corrected chi connectivity index (χ1v) is 9.38. The van der Waals surface area contributed by atoms with Crippen molar-refractivity contribution in [3.63, 3.8) is 0 Å². The van der Waals surface area contributed by atoms with Crippen LogP contribution in [0.5, 0.6) is 0 Å². The van der Waals surface area contributed by atoms with Gasteiger partial charge in [-0.3, -0.25) is 9.69 Å². The summed E-state index contributed by atoms with van der Waals surface area (Å²) in [6.07, 6.45) is 0. The number of nitrogens with zero attached hydrogens (tertiary/aromatic N) is 4. The van der Waals surface area contributed by atoms with Crippen LogP contribution in [-0.2, 0) is 13.6 Å². The molecule has 1 aromatic carbocycles. The standard InChI is InChI=1S/C20H19ClF2N4O/c1-25-16-4-5-18(21)24-20(16)17(11-19(25)28)27-8-6-26(7-9-27)12-13-2-3-14(22)15(23)10-13/h2-5,10-11H,6-9,12H2,1H3. The number of hydrogen-bond acceptors (Lipinski definition) is 4. The van der Waals surface area contributed by atoms with Crippen LogP contribution in [0.1, 0.15) is 5.56 Å². The van der Waals surface area contributed by atoms with Crippen molar-refractivity contribution >= 4 is 28.3 Å². The van der Waals surface area contributed by atoms with Crippen LogP contribution in [0.3, 0.4) is 0 Å². The number of benzene rings is 1. The lowest BCUT2D eigenvalue weighted by atomic mass is 10.1. The quantitative estimate of drug-likeness (QED) is 0.629. The van der Waals surface area contributed by atoms with E-state index in [1.54, 1.807) is 35.9 Å². The Balaban J connectivity index is 1.54. The number of rotatable bonds is 3. The minimum absolute atomic E-state index is 0.101. The minimum atomic E-state index is -0.836. The first-order valence-electron chi connectivity index (χ1n) is 9.00. The predicted octanol–water partition coefficient (Wildman–Crippen LogP) is 3.19. The molecule has 0 radical (unpaired) electrons. The maximum Gasteiger partial charge on any atom is 0.252 e. The van der Waals surface area contributed by atoms with E-state index in [1.165, 1.54) is 6.07 Å². The largest absolute Gasteiger partial charge is 0.367 e. The smallest absolute Gasteiger partial charge is 0.252 e. The highest BCUT2D eigenvalue weighted by Crippen LogP contribution is 2.26. The van der Waals surface area contributed by atoms with Crippen LogP contribution >= 0.6 is 11.6 Å². The molecule has 0 aliphatic carbocycles. The summed E-state index contributed by atoms with van der Waals surface area (Å²) in [4.78, 5) is 21.1. The van der Waals surface area contributed by atoms with E-state index in [2.05, 4.69) is 14.8 Å². The van der Waals surface area contributed by atoms with E-state index in [4.69, 9.17) is 11.6 Å². The van der Waals surface area contributed by atoms with E-state index in [0.717, 1.165) is 35.9 Å². The van der Waals surface area contributed by atoms with Crippen molar-refractivity contribution in [2.45, 2.75) is 6.54 Å². The van der Waals surface area contributed by atoms with Gasteiger partial charge in [-0.15, -0.1) is 0 Å². The zero-order valence-corrected chi connectivity index (χ0v) is 16.1. The molecule has 4 rings (SSSR count). The SMILES string of the molecule is Cn1c(=O)cc(N2CCN(Cc3ccc(F)c(F)c3)CC2)c2nc(Cl)ccc21. The summed E-state index contributed by atoms with van der Waals surface area (Å²) in [7, 11) is 1.71. The fourth-order valence-corrected chi connectivity index (χ4v) is 3.72. The molecule has 5 nitrogen and oxygen atoms in total. The molecule has 1 saturated heterocycles. The number of aryl methyl sites for hydroxylation is 1. The van der Waals surface area contributed by atoms with Crippen LogP contribution in [0.15, 0.2) is 41.2 Å². The van der Waals surface area contributed by atoms with Crippen molar-refractivity contribution in [1.29, 1.82) is 0 Å². The van der Waals surface area contributed by atoms with Gasteiger partial charge in [0.15, 0.2) is 11.6 Å². The van der Waals surface area contributed by atoms with Crippen LogP contribution in [0.4, 0.5) is 14.5 Å². The Labute approximate surface area is 165 Å². The molecule has 8 heteroatoms. The molecule has 3 aromatic rings. The number of aromatic nitrogens is 2. The number of pyridine rings is 2. The first-order chi connectivity index (χ1) is 13.4. The lowest BCUT2D eigenvalue weighted by Crippen LogP contribution is -2.46. The van der Waals surface area contributed by atoms with Crippen molar-refractivity contribution in [2.75, 3.05) is 31.1 Å². The van der Waals surface area contributed by atoms with E-state index in [9.17, 15) is 13.6 Å². The highest BCUT2D eigenvalue weighted by atomic mass is 35.5. The third-order valence-electron chi connectivity index (χ3n) is 5.14. The molecule has 0 bridgehead atoms. The normalized spacial score (nSPS) is 15.4. The van der Waals surface area contributed by atoms with Crippen LogP contribution in [-0.4, -0.2) is 40.6 Å². The van der Waals surface area contributed by atoms with Crippen LogP contribution in [0.2, 0.25) is 5.15 Å². The molecular formula is C20H19ClF2N4O. The fraction of sp³-hybridized carbons (Fsp3) is 0.300. The van der Waals surface area contributed by atoms with E-state index < -0.39 is 11.6 Å². The summed E-state index contributed by atoms with van der Waals surface area (Å²) in [6.45, 7) is 3.40. The molecule has 28 heavy (non-hydrogen) atoms. The Morgan fingerprint density at radius 1 is 1.04 bits per heavy atom. The number of piperazine rings is 1. The lowest BCUT2D eigenvalue weighted by Gasteiger charge is -2.36. The van der Waals surface area contributed by atoms with Crippen LogP contribution < -0.4 is 10.5 Å². The lowest BCUT2D eigenvalue weighted by molar-refractivity contribution is 0.249. The Morgan fingerprint density at radius 2 is 1.79 bits per heavy atom. The third-order valence-corrected chi connectivity index (χ3v) is 5.35. The van der Waals surface area contributed by atoms with Gasteiger partial charge in [-0.1, -0.05) is 17.7 Å². The molecule has 3 heterocycles. The van der Waals surface area contributed by atoms with Gasteiger partial charge in [-0.25, -0.2) is 13.8 Å². The maximum atomic E-state index is 13.4. The van der Waals surface area contributed by atoms with E-state index in [1.807, 2.05) is 0 Å². The fourth-order valence-electron chi connectivity index (χ4n) is 3.57. The third kappa shape index (κ3) is 3.59. The summed E-state index contributed by atoms with van der Waals surface area (Å²) in [5.41, 5.74) is 2.84. The van der Waals surface area contributed by atoms with Gasteiger partial charge < -0.3 is 9.47 Å². The van der Waals surface area contributed by atoms with E-state index in [0.29, 0.717) is 30.3 Å². The van der Waals surface area contributed by atoms with Crippen molar-refractivity contribution in [3.8, 4) is 0 Å². The summed E-state index contributed by atoms with van der Waals surface area (Å²) >= 11 is 6.08. The molecule has 0 unspecified atom stereocenters. The molecule has 0 atom stereocenters. The van der Waals surface area contributed by atoms with E-state index in [-0.39, 0.29) is 5.56 Å². The second-order valence-corrected chi connectivity index (χ2v) is 7.33. The summed E-state index contributed by atoms with van der Waals surface area (Å²) in [5, 5.41) is 0.379. The maximum absolute atomic E-state index is 13.4. The summed E-state index contributed by atoms with van der Waals surface area (Å²) in [5.74, 6) is -1.66. The summed E-state index contributed by atoms with van der Waals surface area (Å²) in [6, 6.07) is 9.06. The first kappa shape index (κ1) is 18.8. The number of anilines is 1. The van der Waals surface area contributed by atoms with Gasteiger partial charge in [0.2, 0.25) is 0 Å². The van der Waals surface area contributed by atoms with Crippen molar-refractivity contribution in [3.05, 3.63) is 69.1 Å². The molecule has 0 N–H and O–H groups in total. The van der Waals surface area contributed by atoms with Gasteiger partial charge in [0.1, 0.15) is 10.7 Å². The molecule has 0 saturated carbocycles. The summed E-state index contributed by atoms with van der Waals surface area (Å²) < 4.78 is 28.1. The molecule has 1 aliphatic heterocycles. The molecule has 146 valence electrons. The van der Waals surface area contributed by atoms with Gasteiger partial charge in [-0.2, -0.15) is 0 Å². The van der Waals surface area contributed by atoms with Gasteiger partial charge >= 0.3 is 0 Å². The van der Waals surface area contributed by atoms with Gasteiger partial charge in [0, 0.05) is 45.8 Å². The minimum Gasteiger partial charge on any atom is -0.367 e. The molecule has 0 amide bonds. The number of halogens is 3. The molecule has 0 spiro atoms. The van der Waals surface area contributed by atoms with Crippen molar-refractivity contribution < 1.29 is 8.78 Å². The van der Waals surface area contributed by atoms with Crippen LogP contribution in [0.25, 0.3) is 11.0 Å². The van der Waals surface area contributed by atoms with Gasteiger partial charge in [-0.05, 0) is 29.8 Å². The molecular weight excluding hydrogens is 386 g/mol. The Hall–Kier alpha value is -2.51. The second-order valence-electron chi connectivity index (χ2n) is 6.94. The van der Waals surface area contributed by atoms with Crippen molar-refractivity contribution in [2.24, 2.45) is 7.05 Å². The average molecular weight is 405 g/mol. The zero-order valence-electron chi connectivity index (χ0n) is 15.3. The topological polar surface area (TPSA) is 41.4 Å². The Morgan fingerprint density at radius 3 is 2.50 bits per heavy atom. The van der Waals surface area contributed by atoms with Gasteiger partial charge in [0.05, 0.1) is 11.2 Å². The Kier molecular flexibility index (Phi) is 5.03. The number of fused-ring (bicyclic) bond motifs is 1. The van der Waals surface area contributed by atoms with Crippen LogP contribution in [0, 0.1) is 11.6 Å².